The number of anilines is 1. The third kappa shape index (κ3) is 5.95. The highest BCUT2D eigenvalue weighted by molar-refractivity contribution is 5.92. The Bertz CT molecular complexity index is 734. The van der Waals surface area contributed by atoms with Gasteiger partial charge in [-0.05, 0) is 37.5 Å². The van der Waals surface area contributed by atoms with E-state index in [-0.39, 0.29) is 17.7 Å². The van der Waals surface area contributed by atoms with E-state index in [1.54, 1.807) is 6.92 Å². The van der Waals surface area contributed by atoms with Crippen molar-refractivity contribution in [2.45, 2.75) is 46.1 Å². The molecule has 1 saturated heterocycles. The van der Waals surface area contributed by atoms with Crippen molar-refractivity contribution >= 4 is 23.5 Å². The molecule has 0 unspecified atom stereocenters. The average molecular weight is 400 g/mol. The first-order chi connectivity index (χ1) is 14.1. The van der Waals surface area contributed by atoms with Crippen LogP contribution in [0.1, 0.15) is 45.1 Å². The summed E-state index contributed by atoms with van der Waals surface area (Å²) < 4.78 is 0. The van der Waals surface area contributed by atoms with Gasteiger partial charge in [-0.1, -0.05) is 25.0 Å². The van der Waals surface area contributed by atoms with E-state index in [1.165, 1.54) is 0 Å². The lowest BCUT2D eigenvalue weighted by molar-refractivity contribution is -0.130. The van der Waals surface area contributed by atoms with Crippen LogP contribution in [0, 0.1) is 5.92 Å². The van der Waals surface area contributed by atoms with Crippen LogP contribution in [0.4, 0.5) is 5.69 Å². The maximum Gasteiger partial charge on any atom is 0.227 e. The Hall–Kier alpha value is -2.57. The van der Waals surface area contributed by atoms with Crippen LogP contribution in [0.3, 0.4) is 0 Å². The Morgan fingerprint density at radius 1 is 1.10 bits per heavy atom. The van der Waals surface area contributed by atoms with Gasteiger partial charge in [0, 0.05) is 51.3 Å². The second kappa shape index (κ2) is 10.3. The molecule has 2 amide bonds. The SMILES string of the molecule is CCNC(=NCc1cccc(NC(=O)C2CCCC2)c1)N1CCN(C(C)=O)CC1. The number of benzene rings is 1. The summed E-state index contributed by atoms with van der Waals surface area (Å²) in [6.07, 6.45) is 4.30. The maximum atomic E-state index is 12.4. The van der Waals surface area contributed by atoms with Gasteiger partial charge in [0.05, 0.1) is 6.54 Å². The number of hydrogen-bond donors (Lipinski definition) is 2. The van der Waals surface area contributed by atoms with Crippen molar-refractivity contribution in [3.63, 3.8) is 0 Å². The number of carbonyl (C=O) groups is 2. The number of hydrogen-bond acceptors (Lipinski definition) is 3. The number of nitrogens with one attached hydrogen (secondary N) is 2. The van der Waals surface area contributed by atoms with Crippen LogP contribution < -0.4 is 10.6 Å². The van der Waals surface area contributed by atoms with Gasteiger partial charge in [0.1, 0.15) is 0 Å². The Labute approximate surface area is 173 Å². The lowest BCUT2D eigenvalue weighted by Gasteiger charge is -2.36. The Kier molecular flexibility index (Phi) is 7.49. The minimum atomic E-state index is 0.128. The molecule has 2 fully saturated rings. The number of carbonyl (C=O) groups excluding carboxylic acids is 2. The number of piperazine rings is 1. The second-order valence-electron chi connectivity index (χ2n) is 7.83. The normalized spacial score (nSPS) is 18.1. The van der Waals surface area contributed by atoms with E-state index in [0.29, 0.717) is 6.54 Å². The molecule has 1 aromatic carbocycles. The van der Waals surface area contributed by atoms with Crippen LogP contribution in [0.2, 0.25) is 0 Å². The number of aliphatic imine (C=N–C) groups is 1. The molecular formula is C22H33N5O2. The fourth-order valence-electron chi connectivity index (χ4n) is 4.00. The quantitative estimate of drug-likeness (QED) is 0.589. The van der Waals surface area contributed by atoms with E-state index >= 15 is 0 Å². The Morgan fingerprint density at radius 2 is 1.79 bits per heavy atom. The molecular weight excluding hydrogens is 366 g/mol. The molecule has 1 aliphatic heterocycles. The van der Waals surface area contributed by atoms with Crippen molar-refractivity contribution < 1.29 is 9.59 Å². The number of rotatable bonds is 5. The summed E-state index contributed by atoms with van der Waals surface area (Å²) >= 11 is 0. The van der Waals surface area contributed by atoms with Crippen LogP contribution in [0.25, 0.3) is 0 Å². The van der Waals surface area contributed by atoms with E-state index < -0.39 is 0 Å². The third-order valence-corrected chi connectivity index (χ3v) is 5.69. The van der Waals surface area contributed by atoms with Crippen molar-refractivity contribution in [3.8, 4) is 0 Å². The fraction of sp³-hybridized carbons (Fsp3) is 0.591. The zero-order valence-corrected chi connectivity index (χ0v) is 17.6. The van der Waals surface area contributed by atoms with E-state index in [0.717, 1.165) is 75.6 Å². The molecule has 7 nitrogen and oxygen atoms in total. The highest BCUT2D eigenvalue weighted by Crippen LogP contribution is 2.26. The molecule has 29 heavy (non-hydrogen) atoms. The van der Waals surface area contributed by atoms with Crippen LogP contribution >= 0.6 is 0 Å². The topological polar surface area (TPSA) is 77.0 Å². The van der Waals surface area contributed by atoms with Gasteiger partial charge in [-0.2, -0.15) is 0 Å². The second-order valence-corrected chi connectivity index (χ2v) is 7.83. The van der Waals surface area contributed by atoms with Gasteiger partial charge in [0.15, 0.2) is 5.96 Å². The molecule has 0 atom stereocenters. The molecule has 7 heteroatoms. The molecule has 1 aromatic rings. The highest BCUT2D eigenvalue weighted by atomic mass is 16.2. The molecule has 0 radical (unpaired) electrons. The zero-order valence-electron chi connectivity index (χ0n) is 17.6. The lowest BCUT2D eigenvalue weighted by atomic mass is 10.1. The molecule has 3 rings (SSSR count). The summed E-state index contributed by atoms with van der Waals surface area (Å²) in [5, 5.41) is 6.42. The highest BCUT2D eigenvalue weighted by Gasteiger charge is 2.23. The van der Waals surface area contributed by atoms with Gasteiger partial charge < -0.3 is 20.4 Å². The average Bonchev–Trinajstić information content (AvgIpc) is 3.26. The van der Waals surface area contributed by atoms with Crippen molar-refractivity contribution in [2.24, 2.45) is 10.9 Å². The first-order valence-corrected chi connectivity index (χ1v) is 10.8. The van der Waals surface area contributed by atoms with Gasteiger partial charge in [0.2, 0.25) is 11.8 Å². The monoisotopic (exact) mass is 399 g/mol. The van der Waals surface area contributed by atoms with E-state index in [9.17, 15) is 9.59 Å². The number of amides is 2. The number of guanidine groups is 1. The third-order valence-electron chi connectivity index (χ3n) is 5.69. The van der Waals surface area contributed by atoms with Crippen LogP contribution in [0.5, 0.6) is 0 Å². The molecule has 2 N–H and O–H groups in total. The first-order valence-electron chi connectivity index (χ1n) is 10.8. The largest absolute Gasteiger partial charge is 0.357 e. The van der Waals surface area contributed by atoms with Crippen molar-refractivity contribution in [2.75, 3.05) is 38.0 Å². The van der Waals surface area contributed by atoms with E-state index in [1.807, 2.05) is 29.2 Å². The standard InChI is InChI=1S/C22H33N5O2/c1-3-23-22(27-13-11-26(12-14-27)17(2)28)24-16-18-7-6-10-20(15-18)25-21(29)19-8-4-5-9-19/h6-7,10,15,19H,3-5,8-9,11-14,16H2,1-2H3,(H,23,24)(H,25,29). The molecule has 0 spiro atoms. The van der Waals surface area contributed by atoms with Crippen molar-refractivity contribution in [1.29, 1.82) is 0 Å². The summed E-state index contributed by atoms with van der Waals surface area (Å²) in [6, 6.07) is 7.94. The first kappa shape index (κ1) is 21.1. The molecule has 0 aromatic heterocycles. The van der Waals surface area contributed by atoms with Crippen molar-refractivity contribution in [1.82, 2.24) is 15.1 Å². The molecule has 2 aliphatic rings. The predicted molar refractivity (Wildman–Crippen MR) is 116 cm³/mol. The molecule has 1 heterocycles. The van der Waals surface area contributed by atoms with E-state index in [4.69, 9.17) is 4.99 Å². The van der Waals surface area contributed by atoms with Gasteiger partial charge in [-0.15, -0.1) is 0 Å². The van der Waals surface area contributed by atoms with E-state index in [2.05, 4.69) is 22.5 Å². The van der Waals surface area contributed by atoms with Crippen LogP contribution in [-0.2, 0) is 16.1 Å². The smallest absolute Gasteiger partial charge is 0.227 e. The maximum absolute atomic E-state index is 12.4. The summed E-state index contributed by atoms with van der Waals surface area (Å²) in [4.78, 5) is 32.8. The van der Waals surface area contributed by atoms with Crippen LogP contribution in [0.15, 0.2) is 29.3 Å². The van der Waals surface area contributed by atoms with Crippen LogP contribution in [-0.4, -0.2) is 60.3 Å². The minimum absolute atomic E-state index is 0.128. The van der Waals surface area contributed by atoms with Crippen molar-refractivity contribution in [3.05, 3.63) is 29.8 Å². The Morgan fingerprint density at radius 3 is 2.45 bits per heavy atom. The molecule has 158 valence electrons. The Balaban J connectivity index is 1.60. The fourth-order valence-corrected chi connectivity index (χ4v) is 4.00. The predicted octanol–water partition coefficient (Wildman–Crippen LogP) is 2.44. The zero-order chi connectivity index (χ0) is 20.6. The van der Waals surface area contributed by atoms with Gasteiger partial charge >= 0.3 is 0 Å². The number of nitrogens with zero attached hydrogens (tertiary/aromatic N) is 3. The summed E-state index contributed by atoms with van der Waals surface area (Å²) in [5.74, 6) is 1.30. The minimum Gasteiger partial charge on any atom is -0.357 e. The summed E-state index contributed by atoms with van der Waals surface area (Å²) in [6.45, 7) is 8.02. The van der Waals surface area contributed by atoms with Gasteiger partial charge in [-0.3, -0.25) is 9.59 Å². The molecule has 1 saturated carbocycles. The molecule has 1 aliphatic carbocycles. The summed E-state index contributed by atoms with van der Waals surface area (Å²) in [5.41, 5.74) is 1.90. The lowest BCUT2D eigenvalue weighted by Crippen LogP contribution is -2.53. The molecule has 0 bridgehead atoms. The van der Waals surface area contributed by atoms with Gasteiger partial charge in [-0.25, -0.2) is 4.99 Å². The summed E-state index contributed by atoms with van der Waals surface area (Å²) in [7, 11) is 0. The van der Waals surface area contributed by atoms with Gasteiger partial charge in [0.25, 0.3) is 0 Å².